The van der Waals surface area contributed by atoms with Gasteiger partial charge in [-0.05, 0) is 30.9 Å². The molecule has 2 saturated heterocycles. The maximum Gasteiger partial charge on any atom is 0.325 e. The molecule has 30 heavy (non-hydrogen) atoms. The number of amides is 4. The van der Waals surface area contributed by atoms with E-state index in [1.165, 1.54) is 14.2 Å². The van der Waals surface area contributed by atoms with Gasteiger partial charge in [0.05, 0.1) is 19.9 Å². The van der Waals surface area contributed by atoms with E-state index >= 15 is 0 Å². The number of ether oxygens (including phenoxy) is 2. The first-order valence-electron chi connectivity index (χ1n) is 10.2. The second-order valence-corrected chi connectivity index (χ2v) is 8.21. The second kappa shape index (κ2) is 8.91. The van der Waals surface area contributed by atoms with Crippen LogP contribution in [0.3, 0.4) is 0 Å². The van der Waals surface area contributed by atoms with E-state index in [9.17, 15) is 14.4 Å². The zero-order chi connectivity index (χ0) is 21.9. The number of methoxy groups -OCH3 is 2. The number of nitrogens with zero attached hydrogens (tertiary/aromatic N) is 2. The van der Waals surface area contributed by atoms with Gasteiger partial charge in [-0.3, -0.25) is 14.5 Å². The number of benzene rings is 1. The highest BCUT2D eigenvalue weighted by Gasteiger charge is 2.52. The number of likely N-dealkylation sites (tertiary alicyclic amines) is 1. The molecule has 2 fully saturated rings. The van der Waals surface area contributed by atoms with Crippen molar-refractivity contribution < 1.29 is 23.9 Å². The van der Waals surface area contributed by atoms with Crippen molar-refractivity contribution in [2.24, 2.45) is 5.92 Å². The predicted molar refractivity (Wildman–Crippen MR) is 112 cm³/mol. The Bertz CT molecular complexity index is 818. The van der Waals surface area contributed by atoms with Gasteiger partial charge >= 0.3 is 6.03 Å². The van der Waals surface area contributed by atoms with E-state index in [1.807, 2.05) is 0 Å². The molecule has 2 N–H and O–H groups in total. The Labute approximate surface area is 176 Å². The standard InChI is InChI=1S/C21H30N4O5/c1-14(2)12-24-9-7-21(8-10-24)19(27)25(20(28)23-21)13-18(26)22-16-6-5-15(29-3)11-17(16)30-4/h5-6,11,14H,7-10,12-13H2,1-4H3,(H,22,26)(H,23,28). The Kier molecular flexibility index (Phi) is 6.50. The molecule has 0 radical (unpaired) electrons. The third-order valence-corrected chi connectivity index (χ3v) is 5.56. The summed E-state index contributed by atoms with van der Waals surface area (Å²) in [6, 6.07) is 4.46. The molecule has 0 unspecified atom stereocenters. The summed E-state index contributed by atoms with van der Waals surface area (Å²) >= 11 is 0. The maximum absolute atomic E-state index is 13.0. The summed E-state index contributed by atoms with van der Waals surface area (Å²) in [7, 11) is 3.02. The molecule has 4 amide bonds. The van der Waals surface area contributed by atoms with Gasteiger partial charge in [-0.1, -0.05) is 13.8 Å². The van der Waals surface area contributed by atoms with Crippen LogP contribution in [-0.4, -0.2) is 73.6 Å². The molecule has 164 valence electrons. The van der Waals surface area contributed by atoms with Gasteiger partial charge in [-0.2, -0.15) is 0 Å². The molecule has 2 heterocycles. The summed E-state index contributed by atoms with van der Waals surface area (Å²) in [6.07, 6.45) is 1.10. The van der Waals surface area contributed by atoms with Crippen molar-refractivity contribution in [3.05, 3.63) is 18.2 Å². The van der Waals surface area contributed by atoms with Gasteiger partial charge in [0.25, 0.3) is 5.91 Å². The van der Waals surface area contributed by atoms with E-state index in [0.29, 0.717) is 35.9 Å². The first kappa shape index (κ1) is 21.9. The first-order valence-corrected chi connectivity index (χ1v) is 10.2. The lowest BCUT2D eigenvalue weighted by atomic mass is 9.87. The number of piperidine rings is 1. The lowest BCUT2D eigenvalue weighted by Crippen LogP contribution is -2.55. The third kappa shape index (κ3) is 4.51. The van der Waals surface area contributed by atoms with Crippen molar-refractivity contribution in [3.63, 3.8) is 0 Å². The van der Waals surface area contributed by atoms with Crippen LogP contribution in [0.5, 0.6) is 11.5 Å². The Hall–Kier alpha value is -2.81. The minimum absolute atomic E-state index is 0.325. The molecular weight excluding hydrogens is 388 g/mol. The fourth-order valence-corrected chi connectivity index (χ4v) is 4.03. The predicted octanol–water partition coefficient (Wildman–Crippen LogP) is 1.68. The average molecular weight is 418 g/mol. The molecule has 0 aliphatic carbocycles. The number of imide groups is 1. The normalized spacial score (nSPS) is 18.6. The number of hydrogen-bond acceptors (Lipinski definition) is 6. The van der Waals surface area contributed by atoms with Crippen molar-refractivity contribution in [3.8, 4) is 11.5 Å². The van der Waals surface area contributed by atoms with E-state index in [-0.39, 0.29) is 12.5 Å². The van der Waals surface area contributed by atoms with E-state index < -0.39 is 17.5 Å². The van der Waals surface area contributed by atoms with Crippen LogP contribution < -0.4 is 20.1 Å². The topological polar surface area (TPSA) is 100 Å². The quantitative estimate of drug-likeness (QED) is 0.654. The molecular formula is C21H30N4O5. The molecule has 0 bridgehead atoms. The molecule has 0 saturated carbocycles. The van der Waals surface area contributed by atoms with Gasteiger partial charge in [-0.25, -0.2) is 4.79 Å². The van der Waals surface area contributed by atoms with E-state index in [4.69, 9.17) is 9.47 Å². The molecule has 9 nitrogen and oxygen atoms in total. The minimum Gasteiger partial charge on any atom is -0.497 e. The zero-order valence-corrected chi connectivity index (χ0v) is 18.0. The summed E-state index contributed by atoms with van der Waals surface area (Å²) < 4.78 is 10.4. The number of rotatable bonds is 7. The minimum atomic E-state index is -0.900. The van der Waals surface area contributed by atoms with Gasteiger partial charge in [0.15, 0.2) is 0 Å². The molecule has 9 heteroatoms. The molecule has 3 rings (SSSR count). The van der Waals surface area contributed by atoms with Crippen LogP contribution in [0.25, 0.3) is 0 Å². The SMILES string of the molecule is COc1ccc(NC(=O)CN2C(=O)NC3(CCN(CC(C)C)CC3)C2=O)c(OC)c1. The molecule has 1 aromatic carbocycles. The van der Waals surface area contributed by atoms with E-state index in [1.54, 1.807) is 18.2 Å². The number of anilines is 1. The Balaban J connectivity index is 1.63. The zero-order valence-electron chi connectivity index (χ0n) is 18.0. The van der Waals surface area contributed by atoms with Crippen LogP contribution in [0.1, 0.15) is 26.7 Å². The highest BCUT2D eigenvalue weighted by molar-refractivity contribution is 6.10. The summed E-state index contributed by atoms with van der Waals surface area (Å²) in [4.78, 5) is 41.3. The molecule has 1 aromatic rings. The van der Waals surface area contributed by atoms with Gasteiger partial charge < -0.3 is 25.0 Å². The van der Waals surface area contributed by atoms with Crippen LogP contribution in [-0.2, 0) is 9.59 Å². The van der Waals surface area contributed by atoms with Crippen LogP contribution in [0.2, 0.25) is 0 Å². The smallest absolute Gasteiger partial charge is 0.325 e. The largest absolute Gasteiger partial charge is 0.497 e. The first-order chi connectivity index (χ1) is 14.3. The van der Waals surface area contributed by atoms with Gasteiger partial charge in [0.2, 0.25) is 5.91 Å². The lowest BCUT2D eigenvalue weighted by molar-refractivity contribution is -0.135. The monoisotopic (exact) mass is 418 g/mol. The summed E-state index contributed by atoms with van der Waals surface area (Å²) in [5, 5.41) is 5.54. The van der Waals surface area contributed by atoms with Crippen molar-refractivity contribution >= 4 is 23.5 Å². The molecule has 2 aliphatic heterocycles. The average Bonchev–Trinajstić information content (AvgIpc) is 2.94. The number of carbonyl (C=O) groups excluding carboxylic acids is 3. The Morgan fingerprint density at radius 3 is 2.50 bits per heavy atom. The molecule has 2 aliphatic rings. The van der Waals surface area contributed by atoms with Crippen molar-refractivity contribution in [2.75, 3.05) is 45.7 Å². The van der Waals surface area contributed by atoms with Crippen LogP contribution in [0.15, 0.2) is 18.2 Å². The highest BCUT2D eigenvalue weighted by atomic mass is 16.5. The van der Waals surface area contributed by atoms with Gasteiger partial charge in [0, 0.05) is 25.7 Å². The maximum atomic E-state index is 13.0. The molecule has 0 atom stereocenters. The summed E-state index contributed by atoms with van der Waals surface area (Å²) in [6.45, 7) is 6.42. The van der Waals surface area contributed by atoms with Crippen molar-refractivity contribution in [2.45, 2.75) is 32.2 Å². The van der Waals surface area contributed by atoms with Crippen molar-refractivity contribution in [1.29, 1.82) is 0 Å². The van der Waals surface area contributed by atoms with Crippen molar-refractivity contribution in [1.82, 2.24) is 15.1 Å². The van der Waals surface area contributed by atoms with E-state index in [0.717, 1.165) is 24.5 Å². The van der Waals surface area contributed by atoms with Crippen LogP contribution in [0.4, 0.5) is 10.5 Å². The third-order valence-electron chi connectivity index (χ3n) is 5.56. The fourth-order valence-electron chi connectivity index (χ4n) is 4.03. The Morgan fingerprint density at radius 1 is 1.20 bits per heavy atom. The van der Waals surface area contributed by atoms with E-state index in [2.05, 4.69) is 29.4 Å². The fraction of sp³-hybridized carbons (Fsp3) is 0.571. The number of urea groups is 1. The number of carbonyl (C=O) groups is 3. The molecule has 1 spiro atoms. The van der Waals surface area contributed by atoms with Gasteiger partial charge in [0.1, 0.15) is 23.6 Å². The number of nitrogens with one attached hydrogen (secondary N) is 2. The summed E-state index contributed by atoms with van der Waals surface area (Å²) in [5.74, 6) is 0.756. The van der Waals surface area contributed by atoms with Crippen LogP contribution >= 0.6 is 0 Å². The molecule has 0 aromatic heterocycles. The second-order valence-electron chi connectivity index (χ2n) is 8.21. The Morgan fingerprint density at radius 2 is 1.90 bits per heavy atom. The summed E-state index contributed by atoms with van der Waals surface area (Å²) in [5.41, 5.74) is -0.463. The number of hydrogen-bond donors (Lipinski definition) is 2. The highest BCUT2D eigenvalue weighted by Crippen LogP contribution is 2.31. The lowest BCUT2D eigenvalue weighted by Gasteiger charge is -2.37. The van der Waals surface area contributed by atoms with Crippen LogP contribution in [0, 0.1) is 5.92 Å². The van der Waals surface area contributed by atoms with Gasteiger partial charge in [-0.15, -0.1) is 0 Å².